The van der Waals surface area contributed by atoms with E-state index in [0.29, 0.717) is 50.0 Å². The average molecular weight is 388 g/mol. The summed E-state index contributed by atoms with van der Waals surface area (Å²) < 4.78 is 0. The van der Waals surface area contributed by atoms with Gasteiger partial charge in [-0.25, -0.2) is 15.4 Å². The van der Waals surface area contributed by atoms with Gasteiger partial charge in [-0.15, -0.1) is 0 Å². The Kier molecular flexibility index (Phi) is 6.19. The van der Waals surface area contributed by atoms with Gasteiger partial charge in [0.2, 0.25) is 5.95 Å². The van der Waals surface area contributed by atoms with E-state index in [1.807, 2.05) is 9.80 Å². The first-order valence-electron chi connectivity index (χ1n) is 9.40. The van der Waals surface area contributed by atoms with Crippen molar-refractivity contribution in [2.75, 3.05) is 47.8 Å². The van der Waals surface area contributed by atoms with Crippen LogP contribution in [-0.4, -0.2) is 53.8 Å². The normalized spacial score (nSPS) is 14.4. The largest absolute Gasteiger partial charge is 0.380 e. The van der Waals surface area contributed by atoms with E-state index < -0.39 is 16.8 Å². The quantitative estimate of drug-likeness (QED) is 0.250. The minimum absolute atomic E-state index is 0.160. The molecular weight excluding hydrogens is 364 g/mol. The molecule has 1 fully saturated rings. The van der Waals surface area contributed by atoms with Crippen LogP contribution in [0.15, 0.2) is 22.0 Å². The van der Waals surface area contributed by atoms with Gasteiger partial charge in [-0.1, -0.05) is 19.8 Å². The molecule has 10 nitrogen and oxygen atoms in total. The Bertz CT molecular complexity index is 883. The van der Waals surface area contributed by atoms with Crippen LogP contribution in [0.1, 0.15) is 36.5 Å². The molecule has 0 radical (unpaired) electrons. The second kappa shape index (κ2) is 8.79. The number of aromatic nitrogens is 2. The molecule has 1 aliphatic heterocycles. The number of anilines is 3. The first kappa shape index (κ1) is 19.7. The van der Waals surface area contributed by atoms with Gasteiger partial charge in [0.1, 0.15) is 11.4 Å². The summed E-state index contributed by atoms with van der Waals surface area (Å²) in [4.78, 5) is 47.5. The fraction of sp³-hybridized carbons (Fsp3) is 0.500. The topological polar surface area (TPSA) is 128 Å². The van der Waals surface area contributed by atoms with Gasteiger partial charge in [-0.2, -0.15) is 0 Å². The molecule has 2 aromatic rings. The summed E-state index contributed by atoms with van der Waals surface area (Å²) in [5, 5.41) is 11.7. The number of hydrogen-bond acceptors (Lipinski definition) is 9. The van der Waals surface area contributed by atoms with Crippen LogP contribution < -0.4 is 31.5 Å². The number of carbonyl (C=O) groups excluding carboxylic acids is 1. The Labute approximate surface area is 161 Å². The lowest BCUT2D eigenvalue weighted by atomic mass is 10.1. The fourth-order valence-electron chi connectivity index (χ4n) is 3.23. The van der Waals surface area contributed by atoms with Crippen molar-refractivity contribution in [3.63, 3.8) is 0 Å². The molecule has 1 saturated heterocycles. The predicted molar refractivity (Wildman–Crippen MR) is 105 cm³/mol. The Morgan fingerprint density at radius 3 is 2.32 bits per heavy atom. The number of rotatable bonds is 8. The third kappa shape index (κ3) is 3.96. The zero-order valence-electron chi connectivity index (χ0n) is 15.8. The number of piperazine rings is 1. The van der Waals surface area contributed by atoms with Gasteiger partial charge in [0.05, 0.1) is 5.56 Å². The molecule has 0 unspecified atom stereocenters. The zero-order chi connectivity index (χ0) is 20.1. The predicted octanol–water partition coefficient (Wildman–Crippen LogP) is 0.120. The van der Waals surface area contributed by atoms with Gasteiger partial charge >= 0.3 is 0 Å². The van der Waals surface area contributed by atoms with E-state index in [9.17, 15) is 14.4 Å². The first-order chi connectivity index (χ1) is 13.6. The molecule has 2 heterocycles. The van der Waals surface area contributed by atoms with Gasteiger partial charge in [0, 0.05) is 45.1 Å². The lowest BCUT2D eigenvalue weighted by molar-refractivity contribution is 0.0705. The molecule has 1 aromatic carbocycles. The number of hydrogen-bond donors (Lipinski definition) is 3. The third-order valence-corrected chi connectivity index (χ3v) is 4.85. The number of carbonyl (C=O) groups is 1. The van der Waals surface area contributed by atoms with Crippen LogP contribution in [0.5, 0.6) is 0 Å². The van der Waals surface area contributed by atoms with Crippen molar-refractivity contribution in [2.45, 2.75) is 26.2 Å². The van der Waals surface area contributed by atoms with E-state index >= 15 is 0 Å². The third-order valence-electron chi connectivity index (χ3n) is 4.85. The molecule has 1 aliphatic rings. The second-order valence-electron chi connectivity index (χ2n) is 6.70. The monoisotopic (exact) mass is 388 g/mol. The molecule has 3 N–H and O–H groups in total. The highest BCUT2D eigenvalue weighted by Crippen LogP contribution is 2.22. The molecule has 1 amide bonds. The lowest BCUT2D eigenvalue weighted by Crippen LogP contribution is -2.52. The van der Waals surface area contributed by atoms with Crippen molar-refractivity contribution in [3.05, 3.63) is 38.4 Å². The van der Waals surface area contributed by atoms with Crippen LogP contribution in [0.2, 0.25) is 0 Å². The van der Waals surface area contributed by atoms with Crippen molar-refractivity contribution in [1.82, 2.24) is 15.4 Å². The maximum atomic E-state index is 12.1. The number of unbranched alkanes of at least 4 members (excludes halogenated alkanes) is 2. The molecule has 0 bridgehead atoms. The van der Waals surface area contributed by atoms with E-state index in [-0.39, 0.29) is 5.56 Å². The molecule has 3 rings (SSSR count). The molecule has 0 saturated carbocycles. The van der Waals surface area contributed by atoms with Gasteiger partial charge in [0.15, 0.2) is 0 Å². The van der Waals surface area contributed by atoms with E-state index in [4.69, 9.17) is 5.21 Å². The van der Waals surface area contributed by atoms with E-state index in [1.165, 1.54) is 17.9 Å². The van der Waals surface area contributed by atoms with E-state index in [2.05, 4.69) is 22.2 Å². The summed E-state index contributed by atoms with van der Waals surface area (Å²) in [6.45, 7) is 5.10. The van der Waals surface area contributed by atoms with Gasteiger partial charge in [-0.05, 0) is 6.42 Å². The van der Waals surface area contributed by atoms with Crippen LogP contribution in [0.3, 0.4) is 0 Å². The first-order valence-corrected chi connectivity index (χ1v) is 9.40. The van der Waals surface area contributed by atoms with Crippen molar-refractivity contribution in [3.8, 4) is 0 Å². The number of amides is 1. The molecular formula is C18H24N6O4. The van der Waals surface area contributed by atoms with Gasteiger partial charge < -0.3 is 15.1 Å². The molecule has 0 atom stereocenters. The smallest absolute Gasteiger partial charge is 0.277 e. The molecule has 28 heavy (non-hydrogen) atoms. The average Bonchev–Trinajstić information content (AvgIpc) is 2.75. The summed E-state index contributed by atoms with van der Waals surface area (Å²) in [5.41, 5.74) is 1.75. The van der Waals surface area contributed by atoms with E-state index in [0.717, 1.165) is 19.3 Å². The van der Waals surface area contributed by atoms with Crippen molar-refractivity contribution in [1.29, 1.82) is 0 Å². The van der Waals surface area contributed by atoms with Crippen molar-refractivity contribution >= 4 is 23.2 Å². The minimum Gasteiger partial charge on any atom is -0.380 e. The summed E-state index contributed by atoms with van der Waals surface area (Å²) in [5.74, 6) is -0.201. The molecule has 10 heteroatoms. The Hall–Kier alpha value is -3.01. The highest BCUT2D eigenvalue weighted by Gasteiger charge is 2.29. The minimum atomic E-state index is -0.671. The summed E-state index contributed by atoms with van der Waals surface area (Å²) in [6, 6.07) is 0. The number of nitrogens with zero attached hydrogens (tertiary/aromatic N) is 4. The summed E-state index contributed by atoms with van der Waals surface area (Å²) in [7, 11) is 0. The number of nitrogens with one attached hydrogen (secondary N) is 2. The lowest BCUT2D eigenvalue weighted by Gasteiger charge is -2.37. The van der Waals surface area contributed by atoms with E-state index in [1.54, 1.807) is 0 Å². The second-order valence-corrected chi connectivity index (χ2v) is 6.70. The zero-order valence-corrected chi connectivity index (χ0v) is 15.8. The highest BCUT2D eigenvalue weighted by atomic mass is 16.5. The Balaban J connectivity index is 1.60. The Morgan fingerprint density at radius 1 is 1.07 bits per heavy atom. The SMILES string of the molecule is CCCCCNc1c(N2CCN(c3ncc(C(=O)NO)cn3)CC2)c(=O)c1=O. The van der Waals surface area contributed by atoms with Crippen LogP contribution in [-0.2, 0) is 0 Å². The van der Waals surface area contributed by atoms with Gasteiger partial charge in [-0.3, -0.25) is 19.6 Å². The van der Waals surface area contributed by atoms with Crippen LogP contribution in [0.4, 0.5) is 17.3 Å². The van der Waals surface area contributed by atoms with Crippen LogP contribution >= 0.6 is 0 Å². The standard InChI is InChI=1S/C18H24N6O4/c1-2-3-4-5-19-13-14(16(26)15(13)25)23-6-8-24(9-7-23)18-20-10-12(11-21-18)17(27)22-28/h10-11,19,28H,2-9H2,1H3,(H,22,27). The fourth-order valence-corrected chi connectivity index (χ4v) is 3.23. The highest BCUT2D eigenvalue weighted by molar-refractivity contribution is 5.92. The van der Waals surface area contributed by atoms with Crippen LogP contribution in [0.25, 0.3) is 0 Å². The molecule has 0 spiro atoms. The Morgan fingerprint density at radius 2 is 1.71 bits per heavy atom. The summed E-state index contributed by atoms with van der Waals surface area (Å²) in [6.07, 6.45) is 5.82. The number of hydroxylamine groups is 1. The van der Waals surface area contributed by atoms with Crippen molar-refractivity contribution in [2.24, 2.45) is 0 Å². The maximum absolute atomic E-state index is 12.1. The molecule has 150 valence electrons. The van der Waals surface area contributed by atoms with Gasteiger partial charge in [0.25, 0.3) is 16.8 Å². The summed E-state index contributed by atoms with van der Waals surface area (Å²) >= 11 is 0. The van der Waals surface area contributed by atoms with Crippen molar-refractivity contribution < 1.29 is 10.0 Å². The molecule has 1 aromatic heterocycles. The maximum Gasteiger partial charge on any atom is 0.277 e. The van der Waals surface area contributed by atoms with Crippen LogP contribution in [0, 0.1) is 0 Å². The molecule has 0 aliphatic carbocycles.